The third kappa shape index (κ3) is 3.42. The van der Waals surface area contributed by atoms with Crippen molar-refractivity contribution in [3.63, 3.8) is 0 Å². The van der Waals surface area contributed by atoms with Crippen molar-refractivity contribution in [1.82, 2.24) is 0 Å². The van der Waals surface area contributed by atoms with Crippen LogP contribution in [0.25, 0.3) is 0 Å². The lowest BCUT2D eigenvalue weighted by Crippen LogP contribution is -2.22. The van der Waals surface area contributed by atoms with Gasteiger partial charge in [0.25, 0.3) is 0 Å². The van der Waals surface area contributed by atoms with E-state index in [9.17, 15) is 0 Å². The number of anilines is 2. The van der Waals surface area contributed by atoms with Gasteiger partial charge in [-0.15, -0.1) is 0 Å². The summed E-state index contributed by atoms with van der Waals surface area (Å²) >= 11 is 6.30. The van der Waals surface area contributed by atoms with E-state index in [1.165, 1.54) is 5.56 Å². The third-order valence-corrected chi connectivity index (χ3v) is 3.54. The first-order valence-electron chi connectivity index (χ1n) is 6.45. The van der Waals surface area contributed by atoms with E-state index in [2.05, 4.69) is 30.0 Å². The first-order valence-corrected chi connectivity index (χ1v) is 6.83. The molecule has 19 heavy (non-hydrogen) atoms. The molecule has 3 heteroatoms. The molecule has 2 rings (SSSR count). The Morgan fingerprint density at radius 1 is 1.16 bits per heavy atom. The predicted molar refractivity (Wildman–Crippen MR) is 83.8 cm³/mol. The Kier molecular flexibility index (Phi) is 4.33. The molecule has 0 aliphatic carbocycles. The summed E-state index contributed by atoms with van der Waals surface area (Å²) in [6, 6.07) is 14.1. The lowest BCUT2D eigenvalue weighted by atomic mass is 10.1. The van der Waals surface area contributed by atoms with Crippen LogP contribution in [-0.4, -0.2) is 6.54 Å². The molecule has 0 amide bonds. The largest absolute Gasteiger partial charge is 0.399 e. The molecule has 2 nitrogen and oxygen atoms in total. The number of halogens is 1. The van der Waals surface area contributed by atoms with Gasteiger partial charge in [0.1, 0.15) is 0 Å². The molecule has 2 aromatic carbocycles. The van der Waals surface area contributed by atoms with Crippen molar-refractivity contribution in [1.29, 1.82) is 0 Å². The summed E-state index contributed by atoms with van der Waals surface area (Å²) < 4.78 is 0. The number of rotatable bonds is 4. The van der Waals surface area contributed by atoms with Gasteiger partial charge >= 0.3 is 0 Å². The summed E-state index contributed by atoms with van der Waals surface area (Å²) in [6.07, 6.45) is 0. The minimum atomic E-state index is 0.783. The molecular weight excluding hydrogens is 256 g/mol. The van der Waals surface area contributed by atoms with Crippen molar-refractivity contribution >= 4 is 23.0 Å². The smallest absolute Gasteiger partial charge is 0.0458 e. The molecule has 0 bridgehead atoms. The van der Waals surface area contributed by atoms with E-state index in [1.807, 2.05) is 31.2 Å². The van der Waals surface area contributed by atoms with Gasteiger partial charge in [0.15, 0.2) is 0 Å². The van der Waals surface area contributed by atoms with Gasteiger partial charge in [-0.3, -0.25) is 0 Å². The Morgan fingerprint density at radius 2 is 1.95 bits per heavy atom. The molecular formula is C16H19ClN2. The van der Waals surface area contributed by atoms with Gasteiger partial charge in [-0.2, -0.15) is 0 Å². The predicted octanol–water partition coefficient (Wildman–Crippen LogP) is 4.26. The molecule has 0 fully saturated rings. The summed E-state index contributed by atoms with van der Waals surface area (Å²) in [6.45, 7) is 5.88. The summed E-state index contributed by atoms with van der Waals surface area (Å²) in [5.74, 6) is 0. The number of hydrogen-bond donors (Lipinski definition) is 1. The summed E-state index contributed by atoms with van der Waals surface area (Å²) in [5, 5.41) is 0.822. The topological polar surface area (TPSA) is 29.3 Å². The Labute approximate surface area is 119 Å². The fraction of sp³-hybridized carbons (Fsp3) is 0.250. The number of nitrogens with two attached hydrogens (primary N) is 1. The molecule has 0 aliphatic heterocycles. The molecule has 0 atom stereocenters. The minimum Gasteiger partial charge on any atom is -0.399 e. The molecule has 2 aromatic rings. The maximum atomic E-state index is 6.30. The van der Waals surface area contributed by atoms with Crippen LogP contribution in [0.2, 0.25) is 5.02 Å². The van der Waals surface area contributed by atoms with Gasteiger partial charge in [-0.1, -0.05) is 29.8 Å². The SMILES string of the molecule is CCN(Cc1ccc(C)cc1Cl)c1cccc(N)c1. The second kappa shape index (κ2) is 5.98. The van der Waals surface area contributed by atoms with Crippen molar-refractivity contribution in [2.45, 2.75) is 20.4 Å². The molecule has 0 saturated heterocycles. The van der Waals surface area contributed by atoms with Crippen molar-refractivity contribution in [3.8, 4) is 0 Å². The number of hydrogen-bond acceptors (Lipinski definition) is 2. The standard InChI is InChI=1S/C16H19ClN2/c1-3-19(15-6-4-5-14(18)10-15)11-13-8-7-12(2)9-16(13)17/h4-10H,3,11,18H2,1-2H3. The molecule has 2 N–H and O–H groups in total. The molecule has 0 spiro atoms. The molecule has 0 heterocycles. The van der Waals surface area contributed by atoms with Gasteiger partial charge in [0.2, 0.25) is 0 Å². The highest BCUT2D eigenvalue weighted by molar-refractivity contribution is 6.31. The molecule has 100 valence electrons. The second-order valence-electron chi connectivity index (χ2n) is 4.70. The zero-order chi connectivity index (χ0) is 13.8. The van der Waals surface area contributed by atoms with E-state index < -0.39 is 0 Å². The van der Waals surface area contributed by atoms with Crippen LogP contribution in [0, 0.1) is 6.92 Å². The Bertz CT molecular complexity index is 566. The van der Waals surface area contributed by atoms with E-state index in [1.54, 1.807) is 0 Å². The van der Waals surface area contributed by atoms with E-state index in [4.69, 9.17) is 17.3 Å². The number of nitrogens with zero attached hydrogens (tertiary/aromatic N) is 1. The minimum absolute atomic E-state index is 0.783. The first-order chi connectivity index (χ1) is 9.10. The van der Waals surface area contributed by atoms with E-state index in [0.29, 0.717) is 0 Å². The summed E-state index contributed by atoms with van der Waals surface area (Å²) in [5.41, 5.74) is 10.1. The van der Waals surface area contributed by atoms with Crippen LogP contribution in [0.5, 0.6) is 0 Å². The zero-order valence-corrected chi connectivity index (χ0v) is 12.1. The molecule has 0 unspecified atom stereocenters. The van der Waals surface area contributed by atoms with E-state index >= 15 is 0 Å². The van der Waals surface area contributed by atoms with Gasteiger partial charge in [-0.25, -0.2) is 0 Å². The Balaban J connectivity index is 2.24. The van der Waals surface area contributed by atoms with Crippen molar-refractivity contribution in [2.75, 3.05) is 17.2 Å². The monoisotopic (exact) mass is 274 g/mol. The first kappa shape index (κ1) is 13.8. The maximum absolute atomic E-state index is 6.30. The van der Waals surface area contributed by atoms with Crippen LogP contribution in [0.1, 0.15) is 18.1 Å². The van der Waals surface area contributed by atoms with Crippen LogP contribution in [-0.2, 0) is 6.54 Å². The van der Waals surface area contributed by atoms with Gasteiger partial charge in [0, 0.05) is 29.5 Å². The zero-order valence-electron chi connectivity index (χ0n) is 11.4. The van der Waals surface area contributed by atoms with Gasteiger partial charge in [-0.05, 0) is 49.2 Å². The highest BCUT2D eigenvalue weighted by atomic mass is 35.5. The molecule has 0 saturated carbocycles. The number of aryl methyl sites for hydroxylation is 1. The van der Waals surface area contributed by atoms with Crippen molar-refractivity contribution in [3.05, 3.63) is 58.6 Å². The Morgan fingerprint density at radius 3 is 2.58 bits per heavy atom. The summed E-state index contributed by atoms with van der Waals surface area (Å²) in [7, 11) is 0. The van der Waals surface area contributed by atoms with Crippen LogP contribution in [0.3, 0.4) is 0 Å². The molecule has 0 aromatic heterocycles. The second-order valence-corrected chi connectivity index (χ2v) is 5.11. The number of nitrogen functional groups attached to an aromatic ring is 1. The lowest BCUT2D eigenvalue weighted by molar-refractivity contribution is 0.832. The lowest BCUT2D eigenvalue weighted by Gasteiger charge is -2.24. The maximum Gasteiger partial charge on any atom is 0.0458 e. The number of benzene rings is 2. The van der Waals surface area contributed by atoms with Crippen LogP contribution in [0.4, 0.5) is 11.4 Å². The van der Waals surface area contributed by atoms with Crippen molar-refractivity contribution < 1.29 is 0 Å². The average molecular weight is 275 g/mol. The fourth-order valence-electron chi connectivity index (χ4n) is 2.09. The van der Waals surface area contributed by atoms with Crippen LogP contribution in [0.15, 0.2) is 42.5 Å². The van der Waals surface area contributed by atoms with Gasteiger partial charge < -0.3 is 10.6 Å². The quantitative estimate of drug-likeness (QED) is 0.844. The van der Waals surface area contributed by atoms with Gasteiger partial charge in [0.05, 0.1) is 0 Å². The highest BCUT2D eigenvalue weighted by Gasteiger charge is 2.08. The summed E-state index contributed by atoms with van der Waals surface area (Å²) in [4.78, 5) is 2.26. The Hall–Kier alpha value is -1.67. The van der Waals surface area contributed by atoms with E-state index in [0.717, 1.165) is 35.1 Å². The normalized spacial score (nSPS) is 10.5. The van der Waals surface area contributed by atoms with E-state index in [-0.39, 0.29) is 0 Å². The van der Waals surface area contributed by atoms with Crippen LogP contribution < -0.4 is 10.6 Å². The molecule has 0 aliphatic rings. The molecule has 0 radical (unpaired) electrons. The van der Waals surface area contributed by atoms with Crippen LogP contribution >= 0.6 is 11.6 Å². The average Bonchev–Trinajstić information content (AvgIpc) is 2.38. The third-order valence-electron chi connectivity index (χ3n) is 3.19. The highest BCUT2D eigenvalue weighted by Crippen LogP contribution is 2.23. The van der Waals surface area contributed by atoms with Crippen molar-refractivity contribution in [2.24, 2.45) is 0 Å². The fourth-order valence-corrected chi connectivity index (χ4v) is 2.39.